The van der Waals surface area contributed by atoms with Gasteiger partial charge in [0.25, 0.3) is 0 Å². The highest BCUT2D eigenvalue weighted by molar-refractivity contribution is 6.19. The second kappa shape index (κ2) is 4.30. The molecule has 3 heteroatoms. The van der Waals surface area contributed by atoms with Gasteiger partial charge in [0.1, 0.15) is 0 Å². The number of carboxylic acid groups (broad SMARTS) is 1. The van der Waals surface area contributed by atoms with Crippen molar-refractivity contribution in [2.24, 2.45) is 0 Å². The lowest BCUT2D eigenvalue weighted by Gasteiger charge is -2.10. The third-order valence-corrected chi connectivity index (χ3v) is 3.18. The van der Waals surface area contributed by atoms with E-state index in [0.29, 0.717) is 5.88 Å². The lowest BCUT2D eigenvalue weighted by atomic mass is 9.94. The van der Waals surface area contributed by atoms with Crippen LogP contribution in [0.2, 0.25) is 0 Å². The number of rotatable bonds is 4. The number of alkyl halides is 1. The van der Waals surface area contributed by atoms with E-state index < -0.39 is 11.4 Å². The zero-order valence-electron chi connectivity index (χ0n) is 8.82. The molecule has 1 aliphatic rings. The highest BCUT2D eigenvalue weighted by Crippen LogP contribution is 2.48. The van der Waals surface area contributed by atoms with Crippen LogP contribution in [0.4, 0.5) is 0 Å². The molecule has 0 unspecified atom stereocenters. The second-order valence-corrected chi connectivity index (χ2v) is 4.38. The Morgan fingerprint density at radius 1 is 1.50 bits per heavy atom. The molecule has 2 rings (SSSR count). The summed E-state index contributed by atoms with van der Waals surface area (Å²) in [4.78, 5) is 11.2. The standard InChI is InChI=1S/C13H13ClO2/c14-8-2-4-10-3-1-5-11(9-10)13(6-7-13)12(15)16/h1-5,9H,6-8H2,(H,15,16). The highest BCUT2D eigenvalue weighted by atomic mass is 35.5. The van der Waals surface area contributed by atoms with E-state index in [1.54, 1.807) is 0 Å². The van der Waals surface area contributed by atoms with Gasteiger partial charge in [-0.15, -0.1) is 11.6 Å². The topological polar surface area (TPSA) is 37.3 Å². The Morgan fingerprint density at radius 3 is 2.81 bits per heavy atom. The van der Waals surface area contributed by atoms with Crippen LogP contribution in [0.25, 0.3) is 6.08 Å². The first-order valence-corrected chi connectivity index (χ1v) is 5.79. The summed E-state index contributed by atoms with van der Waals surface area (Å²) in [6, 6.07) is 7.67. The van der Waals surface area contributed by atoms with Gasteiger partial charge in [-0.2, -0.15) is 0 Å². The van der Waals surface area contributed by atoms with E-state index in [4.69, 9.17) is 11.6 Å². The highest BCUT2D eigenvalue weighted by Gasteiger charge is 2.51. The van der Waals surface area contributed by atoms with E-state index >= 15 is 0 Å². The molecule has 0 radical (unpaired) electrons. The summed E-state index contributed by atoms with van der Waals surface area (Å²) in [7, 11) is 0. The molecule has 2 nitrogen and oxygen atoms in total. The van der Waals surface area contributed by atoms with Gasteiger partial charge < -0.3 is 5.11 Å². The SMILES string of the molecule is O=C(O)C1(c2cccc(C=CCCl)c2)CC1. The van der Waals surface area contributed by atoms with E-state index in [2.05, 4.69) is 0 Å². The molecule has 1 saturated carbocycles. The Morgan fingerprint density at radius 2 is 2.25 bits per heavy atom. The first-order chi connectivity index (χ1) is 7.69. The Kier molecular flexibility index (Phi) is 3.01. The van der Waals surface area contributed by atoms with E-state index in [0.717, 1.165) is 24.0 Å². The van der Waals surface area contributed by atoms with Crippen molar-refractivity contribution < 1.29 is 9.90 Å². The smallest absolute Gasteiger partial charge is 0.314 e. The van der Waals surface area contributed by atoms with Gasteiger partial charge >= 0.3 is 5.97 Å². The Labute approximate surface area is 99.5 Å². The van der Waals surface area contributed by atoms with E-state index in [-0.39, 0.29) is 0 Å². The number of hydrogen-bond donors (Lipinski definition) is 1. The van der Waals surface area contributed by atoms with E-state index in [1.807, 2.05) is 36.4 Å². The molecule has 0 aliphatic heterocycles. The molecule has 1 aromatic rings. The molecule has 1 fully saturated rings. The number of aliphatic carboxylic acids is 1. The van der Waals surface area contributed by atoms with Crippen molar-refractivity contribution in [3.05, 3.63) is 41.5 Å². The van der Waals surface area contributed by atoms with E-state index in [9.17, 15) is 9.90 Å². The first kappa shape index (κ1) is 11.2. The molecule has 1 N–H and O–H groups in total. The van der Waals surface area contributed by atoms with Crippen LogP contribution in [-0.2, 0) is 10.2 Å². The summed E-state index contributed by atoms with van der Waals surface area (Å²) >= 11 is 5.56. The lowest BCUT2D eigenvalue weighted by molar-refractivity contribution is -0.140. The van der Waals surface area contributed by atoms with Gasteiger partial charge in [0, 0.05) is 5.88 Å². The summed E-state index contributed by atoms with van der Waals surface area (Å²) in [5.41, 5.74) is 1.28. The van der Waals surface area contributed by atoms with Gasteiger partial charge in [0.15, 0.2) is 0 Å². The van der Waals surface area contributed by atoms with Crippen LogP contribution >= 0.6 is 11.6 Å². The van der Waals surface area contributed by atoms with E-state index in [1.165, 1.54) is 0 Å². The molecule has 0 saturated heterocycles. The molecule has 0 amide bonds. The normalized spacial score (nSPS) is 17.6. The average Bonchev–Trinajstić information content (AvgIpc) is 3.08. The Bertz CT molecular complexity index is 433. The monoisotopic (exact) mass is 236 g/mol. The fourth-order valence-corrected chi connectivity index (χ4v) is 1.96. The zero-order valence-corrected chi connectivity index (χ0v) is 9.57. The molecule has 84 valence electrons. The molecule has 0 bridgehead atoms. The van der Waals surface area contributed by atoms with Crippen molar-refractivity contribution in [1.29, 1.82) is 0 Å². The number of carbonyl (C=O) groups is 1. The molecule has 0 spiro atoms. The molecule has 1 aliphatic carbocycles. The number of allylic oxidation sites excluding steroid dienone is 1. The van der Waals surface area contributed by atoms with Crippen LogP contribution < -0.4 is 0 Å². The first-order valence-electron chi connectivity index (χ1n) is 5.25. The van der Waals surface area contributed by atoms with Gasteiger partial charge in [-0.25, -0.2) is 0 Å². The molecule has 0 aromatic heterocycles. The minimum atomic E-state index is -0.717. The zero-order chi connectivity index (χ0) is 11.6. The Balaban J connectivity index is 2.29. The predicted octanol–water partition coefficient (Wildman–Crippen LogP) is 3.05. The van der Waals surface area contributed by atoms with Gasteiger partial charge in [0.05, 0.1) is 5.41 Å². The molecule has 0 atom stereocenters. The summed E-state index contributed by atoms with van der Waals surface area (Å²) in [5.74, 6) is -0.250. The molecular formula is C13H13ClO2. The Hall–Kier alpha value is -1.28. The number of carboxylic acids is 1. The van der Waals surface area contributed by atoms with Gasteiger partial charge in [-0.3, -0.25) is 4.79 Å². The maximum Gasteiger partial charge on any atom is 0.314 e. The predicted molar refractivity (Wildman–Crippen MR) is 64.7 cm³/mol. The van der Waals surface area contributed by atoms with Crippen LogP contribution in [0.5, 0.6) is 0 Å². The van der Waals surface area contributed by atoms with Crippen molar-refractivity contribution in [2.75, 3.05) is 5.88 Å². The van der Waals surface area contributed by atoms with Crippen LogP contribution in [0.3, 0.4) is 0 Å². The molecule has 16 heavy (non-hydrogen) atoms. The fraction of sp³-hybridized carbons (Fsp3) is 0.308. The van der Waals surface area contributed by atoms with Crippen molar-refractivity contribution in [2.45, 2.75) is 18.3 Å². The van der Waals surface area contributed by atoms with Crippen molar-refractivity contribution >= 4 is 23.6 Å². The maximum absolute atomic E-state index is 11.2. The summed E-state index contributed by atoms with van der Waals surface area (Å²) in [5, 5.41) is 9.19. The van der Waals surface area contributed by atoms with Gasteiger partial charge in [-0.05, 0) is 24.0 Å². The lowest BCUT2D eigenvalue weighted by Crippen LogP contribution is -2.19. The van der Waals surface area contributed by atoms with Crippen LogP contribution in [-0.4, -0.2) is 17.0 Å². The van der Waals surface area contributed by atoms with Gasteiger partial charge in [0.2, 0.25) is 0 Å². The minimum Gasteiger partial charge on any atom is -0.481 e. The van der Waals surface area contributed by atoms with Gasteiger partial charge in [-0.1, -0.05) is 36.4 Å². The van der Waals surface area contributed by atoms with Crippen molar-refractivity contribution in [3.8, 4) is 0 Å². The minimum absolute atomic E-state index is 0.467. The maximum atomic E-state index is 11.2. The van der Waals surface area contributed by atoms with Crippen molar-refractivity contribution in [3.63, 3.8) is 0 Å². The number of benzene rings is 1. The molecule has 0 heterocycles. The van der Waals surface area contributed by atoms with Crippen LogP contribution in [0.1, 0.15) is 24.0 Å². The number of hydrogen-bond acceptors (Lipinski definition) is 1. The second-order valence-electron chi connectivity index (χ2n) is 4.07. The average molecular weight is 237 g/mol. The summed E-state index contributed by atoms with van der Waals surface area (Å²) in [6.45, 7) is 0. The number of halogens is 1. The van der Waals surface area contributed by atoms with Crippen LogP contribution in [0.15, 0.2) is 30.3 Å². The summed E-state index contributed by atoms with van der Waals surface area (Å²) < 4.78 is 0. The third-order valence-electron chi connectivity index (χ3n) is 3.00. The third kappa shape index (κ3) is 1.98. The molecular weight excluding hydrogens is 224 g/mol. The quantitative estimate of drug-likeness (QED) is 0.816. The van der Waals surface area contributed by atoms with Crippen molar-refractivity contribution in [1.82, 2.24) is 0 Å². The molecule has 1 aromatic carbocycles. The summed E-state index contributed by atoms with van der Waals surface area (Å²) in [6.07, 6.45) is 5.24. The largest absolute Gasteiger partial charge is 0.481 e. The van der Waals surface area contributed by atoms with Crippen LogP contribution in [0, 0.1) is 0 Å². The fourth-order valence-electron chi connectivity index (χ4n) is 1.87.